The van der Waals surface area contributed by atoms with Gasteiger partial charge in [0.05, 0.1) is 20.8 Å². The fraction of sp³-hybridized carbons (Fsp3) is 0.381. The van der Waals surface area contributed by atoms with Crippen LogP contribution < -0.4 is 14.8 Å². The Morgan fingerprint density at radius 3 is 2.46 bits per heavy atom. The maximum Gasteiger partial charge on any atom is 0.251 e. The van der Waals surface area contributed by atoms with Gasteiger partial charge in [-0.15, -0.1) is 0 Å². The maximum absolute atomic E-state index is 12.5. The predicted octanol–water partition coefficient (Wildman–Crippen LogP) is 2.88. The van der Waals surface area contributed by atoms with Crippen molar-refractivity contribution in [1.82, 2.24) is 5.32 Å². The van der Waals surface area contributed by atoms with Crippen LogP contribution in [0.25, 0.3) is 0 Å². The highest BCUT2D eigenvalue weighted by atomic mass is 16.5. The molecule has 2 aromatic rings. The minimum absolute atomic E-state index is 0.154. The summed E-state index contributed by atoms with van der Waals surface area (Å²) in [6.45, 7) is 4.14. The van der Waals surface area contributed by atoms with Crippen LogP contribution in [0.1, 0.15) is 39.0 Å². The molecular weight excluding hydrogens is 330 g/mol. The van der Waals surface area contributed by atoms with Gasteiger partial charge in [-0.3, -0.25) is 4.79 Å². The lowest BCUT2D eigenvalue weighted by Crippen LogP contribution is -2.39. The van der Waals surface area contributed by atoms with Crippen molar-refractivity contribution in [3.05, 3.63) is 58.1 Å². The predicted molar refractivity (Wildman–Crippen MR) is 100 cm³/mol. The Balaban J connectivity index is 1.79. The third-order valence-electron chi connectivity index (χ3n) is 5.23. The SMILES string of the molecule is COc1cc2c(cc1OC)C(O)(CNC(=O)c1ccc(C)c(C)c1)CC2. The van der Waals surface area contributed by atoms with Gasteiger partial charge >= 0.3 is 0 Å². The number of rotatable bonds is 5. The molecule has 2 N–H and O–H groups in total. The third kappa shape index (κ3) is 3.27. The second-order valence-corrected chi connectivity index (χ2v) is 6.88. The summed E-state index contributed by atoms with van der Waals surface area (Å²) < 4.78 is 10.7. The summed E-state index contributed by atoms with van der Waals surface area (Å²) in [5, 5.41) is 14.0. The van der Waals surface area contributed by atoms with Crippen molar-refractivity contribution < 1.29 is 19.4 Å². The van der Waals surface area contributed by atoms with Gasteiger partial charge in [-0.05, 0) is 73.2 Å². The summed E-state index contributed by atoms with van der Waals surface area (Å²) in [7, 11) is 3.16. The Hall–Kier alpha value is -2.53. The zero-order valence-electron chi connectivity index (χ0n) is 15.7. The van der Waals surface area contributed by atoms with Crippen LogP contribution in [-0.4, -0.2) is 31.8 Å². The van der Waals surface area contributed by atoms with E-state index in [1.54, 1.807) is 20.3 Å². The van der Waals surface area contributed by atoms with Crippen molar-refractivity contribution in [3.8, 4) is 11.5 Å². The molecule has 5 nitrogen and oxygen atoms in total. The molecule has 0 heterocycles. The van der Waals surface area contributed by atoms with Crippen LogP contribution in [-0.2, 0) is 12.0 Å². The Bertz CT molecular complexity index is 846. The summed E-state index contributed by atoms with van der Waals surface area (Å²) in [5.41, 5.74) is 3.51. The molecule has 0 fully saturated rings. The smallest absolute Gasteiger partial charge is 0.251 e. The Labute approximate surface area is 153 Å². The first-order chi connectivity index (χ1) is 12.4. The number of aliphatic hydroxyl groups is 1. The molecule has 0 aliphatic heterocycles. The monoisotopic (exact) mass is 355 g/mol. The largest absolute Gasteiger partial charge is 0.493 e. The first-order valence-electron chi connectivity index (χ1n) is 8.71. The van der Waals surface area contributed by atoms with E-state index in [0.717, 1.165) is 28.7 Å². The van der Waals surface area contributed by atoms with Gasteiger partial charge in [0.15, 0.2) is 11.5 Å². The molecule has 2 aromatic carbocycles. The zero-order chi connectivity index (χ0) is 18.9. The number of benzene rings is 2. The summed E-state index contributed by atoms with van der Waals surface area (Å²) in [6, 6.07) is 9.31. The Morgan fingerprint density at radius 1 is 1.12 bits per heavy atom. The standard InChI is InChI=1S/C21H25NO4/c1-13-5-6-16(9-14(13)2)20(23)22-12-21(24)8-7-15-10-18(25-3)19(26-4)11-17(15)21/h5-6,9-11,24H,7-8,12H2,1-4H3,(H,22,23). The van der Waals surface area contributed by atoms with Gasteiger partial charge in [0.2, 0.25) is 0 Å². The molecule has 1 amide bonds. The van der Waals surface area contributed by atoms with Gasteiger partial charge in [0, 0.05) is 5.56 Å². The number of carbonyl (C=O) groups is 1. The van der Waals surface area contributed by atoms with Crippen LogP contribution in [0.2, 0.25) is 0 Å². The van der Waals surface area contributed by atoms with Crippen LogP contribution >= 0.6 is 0 Å². The van der Waals surface area contributed by atoms with Crippen LogP contribution in [0, 0.1) is 13.8 Å². The quantitative estimate of drug-likeness (QED) is 0.865. The average molecular weight is 355 g/mol. The normalized spacial score (nSPS) is 18.3. The second-order valence-electron chi connectivity index (χ2n) is 6.88. The van der Waals surface area contributed by atoms with E-state index < -0.39 is 5.60 Å². The number of hydrogen-bond donors (Lipinski definition) is 2. The van der Waals surface area contributed by atoms with Crippen molar-refractivity contribution in [2.24, 2.45) is 0 Å². The van der Waals surface area contributed by atoms with E-state index in [0.29, 0.717) is 23.5 Å². The molecule has 0 bridgehead atoms. The summed E-state index contributed by atoms with van der Waals surface area (Å²) in [5.74, 6) is 1.04. The molecule has 138 valence electrons. The van der Waals surface area contributed by atoms with Crippen molar-refractivity contribution in [2.45, 2.75) is 32.3 Å². The van der Waals surface area contributed by atoms with Gasteiger partial charge in [-0.1, -0.05) is 6.07 Å². The van der Waals surface area contributed by atoms with Gasteiger partial charge in [0.25, 0.3) is 5.91 Å². The van der Waals surface area contributed by atoms with E-state index in [4.69, 9.17) is 9.47 Å². The van der Waals surface area contributed by atoms with Crippen molar-refractivity contribution in [3.63, 3.8) is 0 Å². The Morgan fingerprint density at radius 2 is 1.81 bits per heavy atom. The molecule has 26 heavy (non-hydrogen) atoms. The molecule has 1 aliphatic rings. The molecule has 0 radical (unpaired) electrons. The highest BCUT2D eigenvalue weighted by molar-refractivity contribution is 5.94. The first-order valence-corrected chi connectivity index (χ1v) is 8.71. The molecule has 3 rings (SSSR count). The molecule has 0 saturated heterocycles. The third-order valence-corrected chi connectivity index (χ3v) is 5.23. The van der Waals surface area contributed by atoms with E-state index in [-0.39, 0.29) is 12.5 Å². The fourth-order valence-corrected chi connectivity index (χ4v) is 3.43. The highest BCUT2D eigenvalue weighted by Crippen LogP contribution is 2.42. The lowest BCUT2D eigenvalue weighted by molar-refractivity contribution is 0.0368. The molecular formula is C21H25NO4. The number of ether oxygens (including phenoxy) is 2. The number of aryl methyl sites for hydroxylation is 3. The van der Waals surface area contributed by atoms with Crippen molar-refractivity contribution in [1.29, 1.82) is 0 Å². The maximum atomic E-state index is 12.5. The van der Waals surface area contributed by atoms with Gasteiger partial charge in [-0.2, -0.15) is 0 Å². The number of fused-ring (bicyclic) bond motifs is 1. The number of carbonyl (C=O) groups excluding carboxylic acids is 1. The lowest BCUT2D eigenvalue weighted by Gasteiger charge is -2.25. The summed E-state index contributed by atoms with van der Waals surface area (Å²) in [4.78, 5) is 12.5. The van der Waals surface area contributed by atoms with E-state index in [1.165, 1.54) is 0 Å². The number of methoxy groups -OCH3 is 2. The van der Waals surface area contributed by atoms with Crippen LogP contribution in [0.15, 0.2) is 30.3 Å². The fourth-order valence-electron chi connectivity index (χ4n) is 3.43. The van der Waals surface area contributed by atoms with E-state index >= 15 is 0 Å². The summed E-state index contributed by atoms with van der Waals surface area (Å²) in [6.07, 6.45) is 1.28. The zero-order valence-corrected chi connectivity index (χ0v) is 15.7. The first kappa shape index (κ1) is 18.3. The molecule has 1 atom stereocenters. The number of hydrogen-bond acceptors (Lipinski definition) is 4. The van der Waals surface area contributed by atoms with Crippen molar-refractivity contribution >= 4 is 5.91 Å². The topological polar surface area (TPSA) is 67.8 Å². The number of amides is 1. The molecule has 0 aromatic heterocycles. The second kappa shape index (κ2) is 7.00. The number of nitrogens with one attached hydrogen (secondary N) is 1. The minimum atomic E-state index is -1.11. The minimum Gasteiger partial charge on any atom is -0.493 e. The highest BCUT2D eigenvalue weighted by Gasteiger charge is 2.38. The molecule has 1 aliphatic carbocycles. The van der Waals surface area contributed by atoms with Crippen LogP contribution in [0.4, 0.5) is 0 Å². The molecule has 0 saturated carbocycles. The van der Waals surface area contributed by atoms with E-state index in [9.17, 15) is 9.90 Å². The van der Waals surface area contributed by atoms with Gasteiger partial charge in [0.1, 0.15) is 5.60 Å². The van der Waals surface area contributed by atoms with E-state index in [2.05, 4.69) is 5.32 Å². The van der Waals surface area contributed by atoms with Crippen LogP contribution in [0.3, 0.4) is 0 Å². The van der Waals surface area contributed by atoms with Gasteiger partial charge in [-0.25, -0.2) is 0 Å². The Kier molecular flexibility index (Phi) is 4.92. The van der Waals surface area contributed by atoms with Crippen LogP contribution in [0.5, 0.6) is 11.5 Å². The molecule has 5 heteroatoms. The molecule has 1 unspecified atom stereocenters. The molecule has 0 spiro atoms. The van der Waals surface area contributed by atoms with Crippen molar-refractivity contribution in [2.75, 3.05) is 20.8 Å². The average Bonchev–Trinajstić information content (AvgIpc) is 2.97. The lowest BCUT2D eigenvalue weighted by atomic mass is 9.95. The van der Waals surface area contributed by atoms with Gasteiger partial charge < -0.3 is 19.9 Å². The van der Waals surface area contributed by atoms with E-state index in [1.807, 2.05) is 38.1 Å². The summed E-state index contributed by atoms with van der Waals surface area (Å²) >= 11 is 0.